The van der Waals surface area contributed by atoms with Crippen LogP contribution in [0.5, 0.6) is 0 Å². The third-order valence-corrected chi connectivity index (χ3v) is 2.83. The van der Waals surface area contributed by atoms with Crippen molar-refractivity contribution in [2.24, 2.45) is 11.7 Å². The standard InChI is InChI=1S/C13H25N3O4/c1-5-16(7-6-11(17)20-4)12(18)10(8-9(2)3)15-13(14)19/h9-10H,5-8H2,1-4H3,(H3,14,15,19). The van der Waals surface area contributed by atoms with E-state index in [0.717, 1.165) is 0 Å². The van der Waals surface area contributed by atoms with Gasteiger partial charge in [0.05, 0.1) is 13.5 Å². The molecule has 0 aromatic rings. The average Bonchev–Trinajstić information content (AvgIpc) is 2.36. The Morgan fingerprint density at radius 3 is 2.30 bits per heavy atom. The van der Waals surface area contributed by atoms with Gasteiger partial charge < -0.3 is 20.7 Å². The van der Waals surface area contributed by atoms with E-state index in [1.165, 1.54) is 12.0 Å². The maximum absolute atomic E-state index is 12.3. The van der Waals surface area contributed by atoms with Gasteiger partial charge in [-0.05, 0) is 19.3 Å². The smallest absolute Gasteiger partial charge is 0.312 e. The molecule has 0 aliphatic heterocycles. The molecule has 0 heterocycles. The van der Waals surface area contributed by atoms with E-state index in [2.05, 4.69) is 10.1 Å². The molecule has 0 aliphatic rings. The number of nitrogens with zero attached hydrogens (tertiary/aromatic N) is 1. The van der Waals surface area contributed by atoms with E-state index in [0.29, 0.717) is 13.0 Å². The van der Waals surface area contributed by atoms with Crippen molar-refractivity contribution in [2.75, 3.05) is 20.2 Å². The van der Waals surface area contributed by atoms with E-state index >= 15 is 0 Å². The summed E-state index contributed by atoms with van der Waals surface area (Å²) in [6, 6.07) is -1.39. The molecule has 0 saturated carbocycles. The monoisotopic (exact) mass is 287 g/mol. The molecule has 3 N–H and O–H groups in total. The molecule has 0 bridgehead atoms. The number of rotatable bonds is 8. The van der Waals surface area contributed by atoms with Crippen molar-refractivity contribution in [3.63, 3.8) is 0 Å². The van der Waals surface area contributed by atoms with Gasteiger partial charge >= 0.3 is 12.0 Å². The van der Waals surface area contributed by atoms with Crippen molar-refractivity contribution in [1.82, 2.24) is 10.2 Å². The number of primary amides is 1. The quantitative estimate of drug-likeness (QED) is 0.634. The molecule has 0 radical (unpaired) electrons. The van der Waals surface area contributed by atoms with Crippen LogP contribution in [-0.2, 0) is 14.3 Å². The minimum Gasteiger partial charge on any atom is -0.469 e. The lowest BCUT2D eigenvalue weighted by molar-refractivity contribution is -0.142. The molecule has 0 rings (SSSR count). The maximum Gasteiger partial charge on any atom is 0.312 e. The lowest BCUT2D eigenvalue weighted by atomic mass is 10.0. The number of nitrogens with one attached hydrogen (secondary N) is 1. The number of methoxy groups -OCH3 is 1. The van der Waals surface area contributed by atoms with Crippen LogP contribution < -0.4 is 11.1 Å². The van der Waals surface area contributed by atoms with Crippen molar-refractivity contribution < 1.29 is 19.1 Å². The molecule has 116 valence electrons. The summed E-state index contributed by atoms with van der Waals surface area (Å²) in [5.41, 5.74) is 5.10. The topological polar surface area (TPSA) is 102 Å². The molecule has 1 atom stereocenters. The Morgan fingerprint density at radius 2 is 1.90 bits per heavy atom. The van der Waals surface area contributed by atoms with Crippen LogP contribution in [0, 0.1) is 5.92 Å². The van der Waals surface area contributed by atoms with Crippen molar-refractivity contribution >= 4 is 17.9 Å². The zero-order chi connectivity index (χ0) is 15.7. The predicted molar refractivity (Wildman–Crippen MR) is 74.8 cm³/mol. The Balaban J connectivity index is 4.71. The van der Waals surface area contributed by atoms with Crippen molar-refractivity contribution in [2.45, 2.75) is 39.7 Å². The number of hydrogen-bond acceptors (Lipinski definition) is 4. The zero-order valence-corrected chi connectivity index (χ0v) is 12.6. The Hall–Kier alpha value is -1.79. The fourth-order valence-corrected chi connectivity index (χ4v) is 1.84. The number of amides is 3. The highest BCUT2D eigenvalue weighted by atomic mass is 16.5. The van der Waals surface area contributed by atoms with Crippen LogP contribution in [0.15, 0.2) is 0 Å². The van der Waals surface area contributed by atoms with Crippen LogP contribution in [0.1, 0.15) is 33.6 Å². The van der Waals surface area contributed by atoms with Gasteiger partial charge in [-0.25, -0.2) is 4.79 Å². The Labute approximate surface area is 119 Å². The molecule has 7 nitrogen and oxygen atoms in total. The van der Waals surface area contributed by atoms with Gasteiger partial charge in [-0.3, -0.25) is 9.59 Å². The van der Waals surface area contributed by atoms with Crippen LogP contribution in [0.4, 0.5) is 4.79 Å². The van der Waals surface area contributed by atoms with E-state index in [-0.39, 0.29) is 30.8 Å². The molecule has 0 aromatic heterocycles. The molecule has 0 fully saturated rings. The summed E-state index contributed by atoms with van der Waals surface area (Å²) in [7, 11) is 1.30. The molecule has 20 heavy (non-hydrogen) atoms. The number of likely N-dealkylation sites (N-methyl/N-ethyl adjacent to an activating group) is 1. The number of nitrogens with two attached hydrogens (primary N) is 1. The van der Waals surface area contributed by atoms with Crippen molar-refractivity contribution in [1.29, 1.82) is 0 Å². The first kappa shape index (κ1) is 18.2. The molecule has 7 heteroatoms. The molecular formula is C13H25N3O4. The highest BCUT2D eigenvalue weighted by Crippen LogP contribution is 2.08. The number of hydrogen-bond donors (Lipinski definition) is 2. The van der Waals surface area contributed by atoms with Gasteiger partial charge in [0.15, 0.2) is 0 Å². The van der Waals surface area contributed by atoms with Crippen LogP contribution in [-0.4, -0.2) is 49.0 Å². The van der Waals surface area contributed by atoms with E-state index in [1.54, 1.807) is 0 Å². The van der Waals surface area contributed by atoms with Gasteiger partial charge in [0.25, 0.3) is 0 Å². The molecule has 0 aliphatic carbocycles. The Morgan fingerprint density at radius 1 is 1.30 bits per heavy atom. The zero-order valence-electron chi connectivity index (χ0n) is 12.6. The number of esters is 1. The normalized spacial score (nSPS) is 11.8. The summed E-state index contributed by atoms with van der Waals surface area (Å²) in [6.45, 7) is 6.43. The van der Waals surface area contributed by atoms with Gasteiger partial charge in [-0.2, -0.15) is 0 Å². The second-order valence-corrected chi connectivity index (χ2v) is 4.93. The number of carbonyl (C=O) groups excluding carboxylic acids is 3. The third-order valence-electron chi connectivity index (χ3n) is 2.83. The molecule has 0 saturated heterocycles. The Bertz CT molecular complexity index is 345. The number of ether oxygens (including phenoxy) is 1. The summed E-state index contributed by atoms with van der Waals surface area (Å²) >= 11 is 0. The largest absolute Gasteiger partial charge is 0.469 e. The molecule has 1 unspecified atom stereocenters. The molecule has 0 aromatic carbocycles. The summed E-state index contributed by atoms with van der Waals surface area (Å²) in [5.74, 6) is -0.376. The minimum atomic E-state index is -0.729. The van der Waals surface area contributed by atoms with Gasteiger partial charge in [-0.1, -0.05) is 13.8 Å². The number of urea groups is 1. The first-order chi connectivity index (χ1) is 9.31. The number of carbonyl (C=O) groups is 3. The highest BCUT2D eigenvalue weighted by molar-refractivity contribution is 5.86. The first-order valence-electron chi connectivity index (χ1n) is 6.73. The van der Waals surface area contributed by atoms with E-state index in [4.69, 9.17) is 5.73 Å². The van der Waals surface area contributed by atoms with Gasteiger partial charge in [-0.15, -0.1) is 0 Å². The fourth-order valence-electron chi connectivity index (χ4n) is 1.84. The molecular weight excluding hydrogens is 262 g/mol. The van der Waals surface area contributed by atoms with Crippen molar-refractivity contribution in [3.8, 4) is 0 Å². The lowest BCUT2D eigenvalue weighted by Gasteiger charge is -2.27. The summed E-state index contributed by atoms with van der Waals surface area (Å²) in [5, 5.41) is 2.46. The lowest BCUT2D eigenvalue weighted by Crippen LogP contribution is -2.51. The van der Waals surface area contributed by atoms with E-state index in [9.17, 15) is 14.4 Å². The van der Waals surface area contributed by atoms with Crippen LogP contribution in [0.25, 0.3) is 0 Å². The van der Waals surface area contributed by atoms with E-state index in [1.807, 2.05) is 20.8 Å². The van der Waals surface area contributed by atoms with Gasteiger partial charge in [0.2, 0.25) is 5.91 Å². The highest BCUT2D eigenvalue weighted by Gasteiger charge is 2.25. The molecule has 0 spiro atoms. The summed E-state index contributed by atoms with van der Waals surface area (Å²) in [4.78, 5) is 36.0. The van der Waals surface area contributed by atoms with E-state index < -0.39 is 12.1 Å². The van der Waals surface area contributed by atoms with Crippen LogP contribution in [0.2, 0.25) is 0 Å². The Kier molecular flexibility index (Phi) is 8.35. The second-order valence-electron chi connectivity index (χ2n) is 4.93. The van der Waals surface area contributed by atoms with Gasteiger partial charge in [0.1, 0.15) is 6.04 Å². The third kappa shape index (κ3) is 6.96. The van der Waals surface area contributed by atoms with Crippen LogP contribution >= 0.6 is 0 Å². The van der Waals surface area contributed by atoms with Crippen LogP contribution in [0.3, 0.4) is 0 Å². The first-order valence-corrected chi connectivity index (χ1v) is 6.73. The summed E-state index contributed by atoms with van der Waals surface area (Å²) in [6.07, 6.45) is 0.623. The van der Waals surface area contributed by atoms with Gasteiger partial charge in [0, 0.05) is 13.1 Å². The average molecular weight is 287 g/mol. The minimum absolute atomic E-state index is 0.126. The van der Waals surface area contributed by atoms with Crippen molar-refractivity contribution in [3.05, 3.63) is 0 Å². The maximum atomic E-state index is 12.3. The summed E-state index contributed by atoms with van der Waals surface area (Å²) < 4.78 is 4.55. The second kappa shape index (κ2) is 9.17. The SMILES string of the molecule is CCN(CCC(=O)OC)C(=O)C(CC(C)C)NC(N)=O. The fraction of sp³-hybridized carbons (Fsp3) is 0.769. The predicted octanol–water partition coefficient (Wildman–Crippen LogP) is 0.481. The molecule has 3 amide bonds.